The van der Waals surface area contributed by atoms with Crippen LogP contribution in [0.15, 0.2) is 24.3 Å². The van der Waals surface area contributed by atoms with Crippen LogP contribution >= 0.6 is 0 Å². The molecule has 0 N–H and O–H groups in total. The SMILES string of the molecule is CC.CC(C)c1cccc(C(C)CC=O)c1. The first-order valence-corrected chi connectivity index (χ1v) is 6.18. The molecular formula is C15H24O. The second-order valence-electron chi connectivity index (χ2n) is 4.13. The van der Waals surface area contributed by atoms with Gasteiger partial charge >= 0.3 is 0 Å². The first-order valence-electron chi connectivity index (χ1n) is 6.18. The number of rotatable bonds is 4. The van der Waals surface area contributed by atoms with E-state index in [4.69, 9.17) is 0 Å². The molecule has 0 amide bonds. The number of carbonyl (C=O) groups is 1. The summed E-state index contributed by atoms with van der Waals surface area (Å²) >= 11 is 0. The van der Waals surface area contributed by atoms with E-state index in [1.165, 1.54) is 11.1 Å². The molecule has 1 heteroatoms. The summed E-state index contributed by atoms with van der Waals surface area (Å²) in [6, 6.07) is 8.52. The Labute approximate surface area is 99.9 Å². The molecule has 0 aliphatic rings. The summed E-state index contributed by atoms with van der Waals surface area (Å²) in [5.41, 5.74) is 2.61. The Morgan fingerprint density at radius 2 is 1.69 bits per heavy atom. The van der Waals surface area contributed by atoms with Crippen LogP contribution in [0.4, 0.5) is 0 Å². The van der Waals surface area contributed by atoms with E-state index in [-0.39, 0.29) is 0 Å². The molecule has 0 aliphatic carbocycles. The molecule has 0 fully saturated rings. The number of benzene rings is 1. The number of hydrogen-bond acceptors (Lipinski definition) is 1. The molecule has 0 bridgehead atoms. The fourth-order valence-corrected chi connectivity index (χ4v) is 1.51. The maximum atomic E-state index is 10.4. The Hall–Kier alpha value is -1.11. The third-order valence-electron chi connectivity index (χ3n) is 2.60. The van der Waals surface area contributed by atoms with Crippen LogP contribution in [0.2, 0.25) is 0 Å². The molecule has 0 aromatic heterocycles. The molecule has 0 spiro atoms. The highest BCUT2D eigenvalue weighted by Crippen LogP contribution is 2.22. The summed E-state index contributed by atoms with van der Waals surface area (Å²) in [6.07, 6.45) is 1.61. The highest BCUT2D eigenvalue weighted by atomic mass is 16.1. The lowest BCUT2D eigenvalue weighted by atomic mass is 9.93. The van der Waals surface area contributed by atoms with E-state index in [1.54, 1.807) is 0 Å². The zero-order valence-electron chi connectivity index (χ0n) is 11.2. The van der Waals surface area contributed by atoms with Gasteiger partial charge < -0.3 is 4.79 Å². The summed E-state index contributed by atoms with van der Waals surface area (Å²) in [5.74, 6) is 0.893. The van der Waals surface area contributed by atoms with Gasteiger partial charge in [-0.15, -0.1) is 0 Å². The minimum absolute atomic E-state index is 0.339. The van der Waals surface area contributed by atoms with Gasteiger partial charge in [-0.25, -0.2) is 0 Å². The lowest BCUT2D eigenvalue weighted by molar-refractivity contribution is -0.108. The van der Waals surface area contributed by atoms with Crippen molar-refractivity contribution in [3.63, 3.8) is 0 Å². The third kappa shape index (κ3) is 4.61. The van der Waals surface area contributed by atoms with Crippen molar-refractivity contribution in [1.29, 1.82) is 0 Å². The van der Waals surface area contributed by atoms with Gasteiger partial charge in [0.2, 0.25) is 0 Å². The summed E-state index contributed by atoms with van der Waals surface area (Å²) in [6.45, 7) is 10.5. The topological polar surface area (TPSA) is 17.1 Å². The van der Waals surface area contributed by atoms with Crippen LogP contribution in [0.1, 0.15) is 64.0 Å². The molecule has 0 saturated carbocycles. The first-order chi connectivity index (χ1) is 7.65. The van der Waals surface area contributed by atoms with Gasteiger partial charge in [0.25, 0.3) is 0 Å². The summed E-state index contributed by atoms with van der Waals surface area (Å²) in [7, 11) is 0. The van der Waals surface area contributed by atoms with Crippen LogP contribution in [0.25, 0.3) is 0 Å². The van der Waals surface area contributed by atoms with Gasteiger partial charge in [0.1, 0.15) is 6.29 Å². The average molecular weight is 220 g/mol. The van der Waals surface area contributed by atoms with E-state index in [0.717, 1.165) is 6.29 Å². The predicted molar refractivity (Wildman–Crippen MR) is 71.0 cm³/mol. The normalized spacial score (nSPS) is 11.6. The number of carbonyl (C=O) groups excluding carboxylic acids is 1. The van der Waals surface area contributed by atoms with Gasteiger partial charge in [-0.2, -0.15) is 0 Å². The second-order valence-corrected chi connectivity index (χ2v) is 4.13. The Balaban J connectivity index is 0.00000106. The van der Waals surface area contributed by atoms with Crippen molar-refractivity contribution in [3.05, 3.63) is 35.4 Å². The van der Waals surface area contributed by atoms with E-state index in [1.807, 2.05) is 13.8 Å². The Kier molecular flexibility index (Phi) is 7.53. The van der Waals surface area contributed by atoms with Crippen LogP contribution < -0.4 is 0 Å². The summed E-state index contributed by atoms with van der Waals surface area (Å²) in [4.78, 5) is 10.4. The first kappa shape index (κ1) is 14.9. The van der Waals surface area contributed by atoms with Crippen LogP contribution in [0.3, 0.4) is 0 Å². The Morgan fingerprint density at radius 1 is 1.12 bits per heavy atom. The minimum atomic E-state index is 0.339. The molecule has 90 valence electrons. The predicted octanol–water partition coefficient (Wildman–Crippen LogP) is 4.53. The van der Waals surface area contributed by atoms with Gasteiger partial charge in [-0.3, -0.25) is 0 Å². The molecule has 0 heterocycles. The molecule has 16 heavy (non-hydrogen) atoms. The quantitative estimate of drug-likeness (QED) is 0.681. The lowest BCUT2D eigenvalue weighted by Gasteiger charge is -2.11. The molecule has 1 rings (SSSR count). The van der Waals surface area contributed by atoms with E-state index >= 15 is 0 Å². The van der Waals surface area contributed by atoms with Crippen molar-refractivity contribution in [3.8, 4) is 0 Å². The molecule has 1 nitrogen and oxygen atoms in total. The average Bonchev–Trinajstić information content (AvgIpc) is 2.32. The summed E-state index contributed by atoms with van der Waals surface area (Å²) in [5, 5.41) is 0. The zero-order chi connectivity index (χ0) is 12.6. The third-order valence-corrected chi connectivity index (χ3v) is 2.60. The zero-order valence-corrected chi connectivity index (χ0v) is 11.2. The molecular weight excluding hydrogens is 196 g/mol. The highest BCUT2D eigenvalue weighted by molar-refractivity contribution is 5.51. The Bertz CT molecular complexity index is 302. The minimum Gasteiger partial charge on any atom is -0.303 e. The maximum Gasteiger partial charge on any atom is 0.120 e. The fraction of sp³-hybridized carbons (Fsp3) is 0.533. The lowest BCUT2D eigenvalue weighted by Crippen LogP contribution is -1.96. The summed E-state index contributed by atoms with van der Waals surface area (Å²) < 4.78 is 0. The van der Waals surface area contributed by atoms with Crippen LogP contribution in [-0.2, 0) is 4.79 Å². The molecule has 0 radical (unpaired) electrons. The largest absolute Gasteiger partial charge is 0.303 e. The molecule has 1 aromatic carbocycles. The van der Waals surface area contributed by atoms with Crippen molar-refractivity contribution in [2.24, 2.45) is 0 Å². The highest BCUT2D eigenvalue weighted by Gasteiger charge is 2.06. The van der Waals surface area contributed by atoms with Crippen molar-refractivity contribution in [1.82, 2.24) is 0 Å². The van der Waals surface area contributed by atoms with Crippen LogP contribution in [-0.4, -0.2) is 6.29 Å². The molecule has 1 atom stereocenters. The van der Waals surface area contributed by atoms with Crippen molar-refractivity contribution < 1.29 is 4.79 Å². The van der Waals surface area contributed by atoms with Gasteiger partial charge in [0, 0.05) is 6.42 Å². The number of hydrogen-bond donors (Lipinski definition) is 0. The maximum absolute atomic E-state index is 10.4. The van der Waals surface area contributed by atoms with Gasteiger partial charge in [-0.1, -0.05) is 58.9 Å². The monoisotopic (exact) mass is 220 g/mol. The smallest absolute Gasteiger partial charge is 0.120 e. The second kappa shape index (κ2) is 8.09. The fourth-order valence-electron chi connectivity index (χ4n) is 1.51. The Morgan fingerprint density at radius 3 is 2.19 bits per heavy atom. The van der Waals surface area contributed by atoms with Gasteiger partial charge in [-0.05, 0) is 23.0 Å². The van der Waals surface area contributed by atoms with E-state index in [0.29, 0.717) is 18.3 Å². The van der Waals surface area contributed by atoms with E-state index in [9.17, 15) is 4.79 Å². The van der Waals surface area contributed by atoms with Crippen molar-refractivity contribution >= 4 is 6.29 Å². The van der Waals surface area contributed by atoms with E-state index in [2.05, 4.69) is 45.0 Å². The van der Waals surface area contributed by atoms with Gasteiger partial charge in [0.15, 0.2) is 0 Å². The van der Waals surface area contributed by atoms with Crippen LogP contribution in [0.5, 0.6) is 0 Å². The van der Waals surface area contributed by atoms with Crippen LogP contribution in [0, 0.1) is 0 Å². The molecule has 0 saturated heterocycles. The standard InChI is InChI=1S/C13H18O.C2H6/c1-10(2)12-5-4-6-13(9-12)11(3)7-8-14;1-2/h4-6,8-11H,7H2,1-3H3;1-2H3. The van der Waals surface area contributed by atoms with E-state index < -0.39 is 0 Å². The molecule has 0 aliphatic heterocycles. The van der Waals surface area contributed by atoms with Crippen molar-refractivity contribution in [2.75, 3.05) is 0 Å². The van der Waals surface area contributed by atoms with Crippen molar-refractivity contribution in [2.45, 2.75) is 52.9 Å². The molecule has 1 unspecified atom stereocenters. The van der Waals surface area contributed by atoms with Gasteiger partial charge in [0.05, 0.1) is 0 Å². The number of aldehydes is 1. The molecule has 1 aromatic rings.